The number of carbonyl (C=O) groups is 1. The number of fused-ring (bicyclic) bond motifs is 1. The highest BCUT2D eigenvalue weighted by Gasteiger charge is 2.20. The minimum atomic E-state index is -0.631. The van der Waals surface area contributed by atoms with Gasteiger partial charge in [-0.25, -0.2) is 4.79 Å². The second-order valence-corrected chi connectivity index (χ2v) is 3.57. The van der Waals surface area contributed by atoms with Gasteiger partial charge >= 0.3 is 11.3 Å². The molecule has 0 aliphatic carbocycles. The number of carbonyl (C=O) groups excluding carboxylic acids is 1. The number of hydrogen-bond acceptors (Lipinski definition) is 5. The van der Waals surface area contributed by atoms with Gasteiger partial charge in [-0.2, -0.15) is 0 Å². The number of benzene rings is 1. The van der Waals surface area contributed by atoms with Gasteiger partial charge in [-0.05, 0) is 18.2 Å². The summed E-state index contributed by atoms with van der Waals surface area (Å²) in [6.07, 6.45) is 0. The molecule has 0 aliphatic rings. The number of nitro groups is 1. The van der Waals surface area contributed by atoms with Crippen LogP contribution in [0.25, 0.3) is 11.0 Å². The van der Waals surface area contributed by atoms with Crippen LogP contribution in [0.3, 0.4) is 0 Å². The minimum Gasteiger partial charge on any atom is -0.422 e. The molecular formula is C11H8N2O5. The fourth-order valence-corrected chi connectivity index (χ4v) is 1.62. The average molecular weight is 248 g/mol. The van der Waals surface area contributed by atoms with Crippen molar-refractivity contribution in [1.82, 2.24) is 0 Å². The lowest BCUT2D eigenvalue weighted by molar-refractivity contribution is -0.382. The van der Waals surface area contributed by atoms with E-state index in [1.54, 1.807) is 0 Å². The van der Waals surface area contributed by atoms with Crippen molar-refractivity contribution in [3.63, 3.8) is 0 Å². The number of nitrogens with zero attached hydrogens (tertiary/aromatic N) is 1. The lowest BCUT2D eigenvalue weighted by atomic mass is 10.1. The van der Waals surface area contributed by atoms with Gasteiger partial charge in [0.25, 0.3) is 0 Å². The molecule has 1 aromatic heterocycles. The average Bonchev–Trinajstić information content (AvgIpc) is 2.27. The Morgan fingerprint density at radius 3 is 2.67 bits per heavy atom. The van der Waals surface area contributed by atoms with Gasteiger partial charge in [0.2, 0.25) is 5.91 Å². The summed E-state index contributed by atoms with van der Waals surface area (Å²) in [6, 6.07) is 5.11. The van der Waals surface area contributed by atoms with Crippen LogP contribution in [-0.4, -0.2) is 10.8 Å². The highest BCUT2D eigenvalue weighted by atomic mass is 16.6. The summed E-state index contributed by atoms with van der Waals surface area (Å²) >= 11 is 0. The van der Waals surface area contributed by atoms with Crippen LogP contribution in [0.5, 0.6) is 0 Å². The van der Waals surface area contributed by atoms with Crippen molar-refractivity contribution in [1.29, 1.82) is 0 Å². The molecule has 0 aliphatic heterocycles. The van der Waals surface area contributed by atoms with Gasteiger partial charge in [0.1, 0.15) is 11.3 Å². The lowest BCUT2D eigenvalue weighted by Gasteiger charge is -2.05. The molecule has 0 spiro atoms. The van der Waals surface area contributed by atoms with Gasteiger partial charge in [0.15, 0.2) is 0 Å². The third kappa shape index (κ3) is 2.05. The second-order valence-electron chi connectivity index (χ2n) is 3.57. The second kappa shape index (κ2) is 4.28. The molecular weight excluding hydrogens is 240 g/mol. The van der Waals surface area contributed by atoms with E-state index in [-0.39, 0.29) is 22.3 Å². The van der Waals surface area contributed by atoms with Crippen molar-refractivity contribution >= 4 is 28.3 Å². The Morgan fingerprint density at radius 1 is 1.33 bits per heavy atom. The normalized spacial score (nSPS) is 10.3. The zero-order valence-corrected chi connectivity index (χ0v) is 9.30. The molecule has 1 aromatic carbocycles. The molecule has 0 saturated heterocycles. The Bertz CT molecular complexity index is 704. The minimum absolute atomic E-state index is 0.0637. The van der Waals surface area contributed by atoms with Crippen LogP contribution in [0.2, 0.25) is 0 Å². The Labute approximate surface area is 100 Å². The van der Waals surface area contributed by atoms with Crippen molar-refractivity contribution < 1.29 is 14.1 Å². The number of nitrogens with one attached hydrogen (secondary N) is 1. The summed E-state index contributed by atoms with van der Waals surface area (Å²) in [5, 5.41) is 13.6. The number of rotatable bonds is 2. The Kier molecular flexibility index (Phi) is 2.80. The summed E-state index contributed by atoms with van der Waals surface area (Å²) in [6.45, 7) is 1.25. The highest BCUT2D eigenvalue weighted by molar-refractivity contribution is 5.99. The summed E-state index contributed by atoms with van der Waals surface area (Å²) < 4.78 is 4.84. The maximum atomic E-state index is 11.0. The fourth-order valence-electron chi connectivity index (χ4n) is 1.62. The lowest BCUT2D eigenvalue weighted by Crippen LogP contribution is -2.08. The van der Waals surface area contributed by atoms with Crippen LogP contribution < -0.4 is 10.9 Å². The van der Waals surface area contributed by atoms with E-state index in [4.69, 9.17) is 4.42 Å². The molecule has 0 unspecified atom stereocenters. The van der Waals surface area contributed by atoms with Crippen LogP contribution in [0.15, 0.2) is 33.5 Å². The van der Waals surface area contributed by atoms with E-state index >= 15 is 0 Å². The van der Waals surface area contributed by atoms with Crippen molar-refractivity contribution in [2.75, 3.05) is 5.32 Å². The van der Waals surface area contributed by atoms with E-state index in [2.05, 4.69) is 5.32 Å². The Morgan fingerprint density at radius 2 is 2.06 bits per heavy atom. The number of anilines is 1. The third-order valence-electron chi connectivity index (χ3n) is 2.27. The van der Waals surface area contributed by atoms with Crippen LogP contribution in [-0.2, 0) is 4.79 Å². The fraction of sp³-hybridized carbons (Fsp3) is 0.0909. The van der Waals surface area contributed by atoms with Gasteiger partial charge in [0, 0.05) is 13.0 Å². The number of amides is 1. The van der Waals surface area contributed by atoms with Crippen LogP contribution in [0, 0.1) is 10.1 Å². The summed E-state index contributed by atoms with van der Waals surface area (Å²) in [7, 11) is 0. The van der Waals surface area contributed by atoms with E-state index < -0.39 is 16.5 Å². The Hall–Kier alpha value is -2.70. The molecule has 92 valence electrons. The summed E-state index contributed by atoms with van der Waals surface area (Å²) in [4.78, 5) is 32.4. The van der Waals surface area contributed by atoms with E-state index in [9.17, 15) is 19.7 Å². The molecule has 0 fully saturated rings. The number of hydrogen-bond donors (Lipinski definition) is 1. The van der Waals surface area contributed by atoms with Gasteiger partial charge in [0.05, 0.1) is 10.3 Å². The summed E-state index contributed by atoms with van der Waals surface area (Å²) in [5.74, 6) is -0.421. The molecule has 18 heavy (non-hydrogen) atoms. The van der Waals surface area contributed by atoms with Crippen LogP contribution in [0.4, 0.5) is 11.4 Å². The zero-order valence-electron chi connectivity index (χ0n) is 9.30. The first kappa shape index (κ1) is 11.8. The molecule has 0 saturated carbocycles. The molecule has 0 bridgehead atoms. The molecule has 7 heteroatoms. The highest BCUT2D eigenvalue weighted by Crippen LogP contribution is 2.32. The molecule has 1 N–H and O–H groups in total. The maximum absolute atomic E-state index is 11.0. The van der Waals surface area contributed by atoms with Crippen molar-refractivity contribution in [2.45, 2.75) is 6.92 Å². The SMILES string of the molecule is CC(=O)Nc1ccc2oc(=O)ccc2c1[N+](=O)[O-]. The van der Waals surface area contributed by atoms with Crippen LogP contribution in [0.1, 0.15) is 6.92 Å². The topological polar surface area (TPSA) is 102 Å². The molecule has 1 amide bonds. The zero-order chi connectivity index (χ0) is 13.3. The third-order valence-corrected chi connectivity index (χ3v) is 2.27. The van der Waals surface area contributed by atoms with Gasteiger partial charge in [-0.3, -0.25) is 14.9 Å². The molecule has 0 radical (unpaired) electrons. The molecule has 2 aromatic rings. The standard InChI is InChI=1S/C11H8N2O5/c1-6(14)12-8-3-4-9-7(11(8)13(16)17)2-5-10(15)18-9/h2-5H,1H3,(H,12,14). The molecule has 1 heterocycles. The van der Waals surface area contributed by atoms with Gasteiger partial charge < -0.3 is 9.73 Å². The first-order valence-corrected chi connectivity index (χ1v) is 4.98. The van der Waals surface area contributed by atoms with Gasteiger partial charge in [-0.1, -0.05) is 0 Å². The quantitative estimate of drug-likeness (QED) is 0.494. The van der Waals surface area contributed by atoms with Crippen LogP contribution >= 0.6 is 0 Å². The molecule has 2 rings (SSSR count). The predicted octanol–water partition coefficient (Wildman–Crippen LogP) is 1.66. The predicted molar refractivity (Wildman–Crippen MR) is 63.4 cm³/mol. The van der Waals surface area contributed by atoms with E-state index in [1.807, 2.05) is 0 Å². The van der Waals surface area contributed by atoms with Crippen molar-refractivity contribution in [2.24, 2.45) is 0 Å². The largest absolute Gasteiger partial charge is 0.422 e. The van der Waals surface area contributed by atoms with Crippen molar-refractivity contribution in [3.05, 3.63) is 44.8 Å². The van der Waals surface area contributed by atoms with E-state index in [0.29, 0.717) is 0 Å². The van der Waals surface area contributed by atoms with E-state index in [0.717, 1.165) is 6.07 Å². The monoisotopic (exact) mass is 248 g/mol. The first-order valence-electron chi connectivity index (χ1n) is 4.98. The molecule has 0 atom stereocenters. The maximum Gasteiger partial charge on any atom is 0.336 e. The molecule has 7 nitrogen and oxygen atoms in total. The number of nitro benzene ring substituents is 1. The first-order chi connectivity index (χ1) is 8.49. The van der Waals surface area contributed by atoms with E-state index in [1.165, 1.54) is 25.1 Å². The van der Waals surface area contributed by atoms with Crippen molar-refractivity contribution in [3.8, 4) is 0 Å². The smallest absolute Gasteiger partial charge is 0.336 e. The Balaban J connectivity index is 2.78. The summed E-state index contributed by atoms with van der Waals surface area (Å²) in [5.41, 5.74) is -0.729. The van der Waals surface area contributed by atoms with Gasteiger partial charge in [-0.15, -0.1) is 0 Å².